The standard InChI is InChI=1S/C19H26N4O3.C15H18N2O3.C14H16ClN3O3.C14H17N3O3.C14H18N2O3.C14H16N2O3.C9H17NO2.CH4O3S.3CH4.B.Li.H3NO.H/c1-20-10-9-16-11-17(21-26-16)18-8-7-15-12-22(18)19(24)23(15)25-13-14-5-3-2-4-6-14;1-11(18)14-8-7-13-9-16(14)15(19)17(13)20-10-12-5-3-2-4-6-12;15-13(16-20)12-7-6-11-8-17(12)14(19)18(11)21-9-10-4-2-1-3-5-10;18-14-16-9-13(7-6-12(16)8-15-19)17(14)20-10-11-4-2-1-3-5-11;2*17-9-13-7-6-12-8-15(13)14(18)16(12)19-10-11-4-2-1-3-5-11;1-5-6-7-10-8(11)12-9(2,3)4;1-5-4-3-2;;;;;;1-2;/h2-6,15-16,18,20H,7-13H2,1H3;2-6,13-14H,7-10H2,1H3;1-5,11-12,20H,6-9H2;1-5,8,12-13,19H,6-7,9-10H2;1-5,12-13,17H,6-10H2;1-5,9,12-13H,6-8,10H2;5H,1,6-7H2,2-4H3,(H,10,11);2H,1H3;3*1H4;;;2H,1H2;/q;;;;;;;;;;;;+1;;-1/b;;16-13+;15-8-;;;;;;;;;;;/t15-,16?,18+;13-,14+;11-,12+;3*12-,13+;;;;;;;;;/m111011........./s1. The number of hydroxylamine groups is 12. The smallest absolute Gasteiger partial charge is 1.00 e. The molecule has 19 rings (SSSR count). The van der Waals surface area contributed by atoms with Crippen LogP contribution in [0, 0.1) is 0 Å². The Hall–Kier alpha value is -11.5. The van der Waals surface area contributed by atoms with Gasteiger partial charge in [0.25, 0.3) is 0 Å². The van der Waals surface area contributed by atoms with Crippen LogP contribution in [0.3, 0.4) is 0 Å². The molecule has 149 heavy (non-hydrogen) atoms. The molecule has 12 fully saturated rings. The van der Waals surface area contributed by atoms with E-state index in [4.69, 9.17) is 71.1 Å². The Bertz CT molecular complexity index is 5140. The number of nitrogens with zero attached hydrogens (tertiary/aromatic N) is 15. The van der Waals surface area contributed by atoms with Gasteiger partial charge in [-0.25, -0.2) is 44.7 Å². The van der Waals surface area contributed by atoms with Crippen molar-refractivity contribution in [2.75, 3.05) is 72.3 Å². The molecule has 13 heterocycles. The van der Waals surface area contributed by atoms with Gasteiger partial charge in [-0.15, -0.1) is 10.9 Å². The number of amides is 13. The number of carbonyl (C=O) groups excluding carboxylic acids is 9. The van der Waals surface area contributed by atoms with Crippen molar-refractivity contribution in [1.82, 2.24) is 70.4 Å². The van der Waals surface area contributed by atoms with Crippen molar-refractivity contribution in [3.8, 4) is 0 Å². The Balaban J connectivity index is 0.000000304. The minimum absolute atomic E-state index is 0. The first-order valence-electron chi connectivity index (χ1n) is 48.3. The van der Waals surface area contributed by atoms with Crippen LogP contribution in [-0.4, -0.2) is 322 Å². The summed E-state index contributed by atoms with van der Waals surface area (Å²) < 4.78 is 8.81. The van der Waals surface area contributed by atoms with Gasteiger partial charge in [-0.2, -0.15) is 30.4 Å². The van der Waals surface area contributed by atoms with E-state index in [1.165, 1.54) is 31.5 Å². The van der Waals surface area contributed by atoms with E-state index in [1.807, 2.05) is 215 Å². The summed E-state index contributed by atoms with van der Waals surface area (Å²) in [5, 5.41) is 68.7. The van der Waals surface area contributed by atoms with Gasteiger partial charge in [0.1, 0.15) is 57.6 Å². The van der Waals surface area contributed by atoms with Crippen LogP contribution in [0.1, 0.15) is 181 Å². The van der Waals surface area contributed by atoms with Crippen molar-refractivity contribution in [3.63, 3.8) is 0 Å². The quantitative estimate of drug-likeness (QED) is 0.00224. The predicted molar refractivity (Wildman–Crippen MR) is 557 cm³/mol. The van der Waals surface area contributed by atoms with Gasteiger partial charge in [-0.05, 0) is 165 Å². The first-order valence-corrected chi connectivity index (χ1v) is 49.8. The number of halogens is 1. The van der Waals surface area contributed by atoms with E-state index >= 15 is 0 Å². The van der Waals surface area contributed by atoms with Crippen LogP contribution in [0.15, 0.2) is 210 Å². The summed E-state index contributed by atoms with van der Waals surface area (Å²) in [6.07, 6.45) is 17.7. The van der Waals surface area contributed by atoms with Crippen molar-refractivity contribution >= 4 is 104 Å². The number of hydrogen-bond acceptors (Lipinski definition) is 30. The molecule has 13 aliphatic heterocycles. The molecule has 0 aliphatic carbocycles. The topological polar surface area (TPSA) is 473 Å². The van der Waals surface area contributed by atoms with Crippen molar-refractivity contribution in [2.24, 2.45) is 21.4 Å². The summed E-state index contributed by atoms with van der Waals surface area (Å²) in [7, 11) is 1.94. The molecule has 12 bridgehead atoms. The largest absolute Gasteiger partial charge is 1.00 e. The van der Waals surface area contributed by atoms with Gasteiger partial charge < -0.3 is 76.6 Å². The molecule has 12 saturated heterocycles. The summed E-state index contributed by atoms with van der Waals surface area (Å²) in [5.41, 5.74) is 6.79. The second-order valence-corrected chi connectivity index (χ2v) is 37.5. The average Bonchev–Trinajstić information content (AvgIpc) is 1.63. The summed E-state index contributed by atoms with van der Waals surface area (Å²) in [6, 6.07) is 57.3. The third kappa shape index (κ3) is 35.8. The fourth-order valence-electron chi connectivity index (χ4n) is 18.6. The maximum Gasteiger partial charge on any atom is 1.00 e. The number of hydrogen-bond donors (Lipinski definition) is 8. The number of aldehydes is 1. The van der Waals surface area contributed by atoms with E-state index in [-0.39, 0.29) is 189 Å². The second-order valence-electron chi connectivity index (χ2n) is 36.7. The number of alkyl carbamates (subject to hydrolysis) is 1. The number of ketones is 1. The number of fused-ring (bicyclic) bond motifs is 12. The Labute approximate surface area is 897 Å². The van der Waals surface area contributed by atoms with E-state index in [0.29, 0.717) is 91.9 Å². The number of nitrogens with one attached hydrogen (secondary N) is 2. The van der Waals surface area contributed by atoms with Gasteiger partial charge in [0.2, 0.25) is 0 Å². The minimum atomic E-state index is -0.418. The summed E-state index contributed by atoms with van der Waals surface area (Å²) in [6.45, 7) is 18.2. The number of piperidine rings is 6. The van der Waals surface area contributed by atoms with Gasteiger partial charge in [-0.3, -0.25) is 33.8 Å². The van der Waals surface area contributed by atoms with E-state index in [1.54, 1.807) is 48.8 Å². The number of carbonyl (C=O) groups is 9. The van der Waals surface area contributed by atoms with Crippen molar-refractivity contribution in [3.05, 3.63) is 228 Å². The number of rotatable bonds is 32. The number of Topliss-reactive ketones (excluding diaryl/α,β-unsaturated/α-hetero) is 1. The number of aliphatic hydroxyl groups is 1. The number of urea groups is 6. The van der Waals surface area contributed by atoms with Crippen molar-refractivity contribution < 1.29 is 137 Å². The molecule has 811 valence electrons. The molecule has 13 aliphatic rings. The maximum atomic E-state index is 12.8. The van der Waals surface area contributed by atoms with Crippen LogP contribution in [0.2, 0.25) is 0 Å². The molecular weight excluding hydrogens is 1960 g/mol. The fourth-order valence-corrected chi connectivity index (χ4v) is 18.9. The molecule has 46 heteroatoms. The zero-order valence-corrected chi connectivity index (χ0v) is 85.2. The van der Waals surface area contributed by atoms with E-state index in [0.717, 1.165) is 154 Å². The van der Waals surface area contributed by atoms with E-state index in [2.05, 4.69) is 47.9 Å². The van der Waals surface area contributed by atoms with Crippen molar-refractivity contribution in [2.45, 2.75) is 270 Å². The van der Waals surface area contributed by atoms with E-state index < -0.39 is 5.60 Å². The SMILES string of the molecule is C.C.C.C=CCCNC(=O)OC(C)(C)C.CC(=O)[C@@H]1CC[C@@H]2CN1C(=O)N2OCc1ccccc1.CNCCC1CC([C@@H]2CC[C@@H]3CN2C(=O)N3OCc2ccccc2)=NO1.CSOOO.NO.O=C1N2C[C@@H](CC[C@H]2/C(Cl)=N\O)N1OCc1ccccc1.O=C1N2C[C@@H](CC[C@H]2/C=N\O)N1OCc1ccccc1.O=C1N2C[C@@H](CC[C@H]2CO)N1OCc1ccccc1.O=C[C@@H]1CC[C@@H]2CN1C(=O)N2OCc1ccccc1.[B].[H-].[Li+]. The Morgan fingerprint density at radius 3 is 1.20 bits per heavy atom. The molecule has 6 aromatic carbocycles. The molecule has 0 aromatic heterocycles. The molecule has 9 N–H and O–H groups in total. The molecule has 0 saturated carbocycles. The van der Waals surface area contributed by atoms with Gasteiger partial charge in [-0.1, -0.05) is 242 Å². The molecule has 13 atom stereocenters. The molecular formula is C103H148BClLiN18O24S. The number of nitrogens with two attached hydrogens (primary N) is 1. The summed E-state index contributed by atoms with van der Waals surface area (Å²) >= 11 is 6.80. The Kier molecular flexibility index (Phi) is 54.9. The normalized spacial score (nSPS) is 23.0. The first kappa shape index (κ1) is 126. The van der Waals surface area contributed by atoms with Gasteiger partial charge in [0.05, 0.1) is 91.0 Å². The number of oxime groups is 3. The van der Waals surface area contributed by atoms with Crippen LogP contribution in [0.25, 0.3) is 0 Å². The zero-order chi connectivity index (χ0) is 103. The average molecular weight is 2110 g/mol. The fraction of sp³-hybridized carbons (Fsp3) is 0.515. The number of aliphatic hydroxyl groups excluding tert-OH is 1. The van der Waals surface area contributed by atoms with Gasteiger partial charge >= 0.3 is 61.1 Å². The van der Waals surface area contributed by atoms with Crippen LogP contribution in [0.4, 0.5) is 33.6 Å². The molecule has 42 nitrogen and oxygen atoms in total. The van der Waals surface area contributed by atoms with Crippen LogP contribution in [-0.2, 0) is 97.2 Å². The Morgan fingerprint density at radius 2 is 0.852 bits per heavy atom. The maximum absolute atomic E-state index is 12.8. The van der Waals surface area contributed by atoms with Gasteiger partial charge in [0.15, 0.2) is 11.0 Å². The molecule has 1 unspecified atom stereocenters. The van der Waals surface area contributed by atoms with Crippen LogP contribution in [0.5, 0.6) is 0 Å². The number of benzene rings is 6. The molecule has 6 aromatic rings. The zero-order valence-electron chi connectivity index (χ0n) is 84.6. The monoisotopic (exact) mass is 2110 g/mol. The molecule has 3 radical (unpaired) electrons. The predicted octanol–water partition coefficient (Wildman–Crippen LogP) is 12.1. The summed E-state index contributed by atoms with van der Waals surface area (Å²) in [4.78, 5) is 158. The van der Waals surface area contributed by atoms with E-state index in [9.17, 15) is 48.3 Å². The van der Waals surface area contributed by atoms with Crippen molar-refractivity contribution in [1.29, 1.82) is 0 Å². The summed E-state index contributed by atoms with van der Waals surface area (Å²) in [5.74, 6) is 3.56. The third-order valence-electron chi connectivity index (χ3n) is 25.9. The first-order chi connectivity index (χ1) is 69.9. The minimum Gasteiger partial charge on any atom is -1.00 e. The molecule has 0 spiro atoms. The third-order valence-corrected chi connectivity index (χ3v) is 26.4. The van der Waals surface area contributed by atoms with Crippen LogP contribution < -0.4 is 35.4 Å². The number of ether oxygens (including phenoxy) is 1. The van der Waals surface area contributed by atoms with Crippen LogP contribution >= 0.6 is 23.6 Å². The second kappa shape index (κ2) is 64.9. The van der Waals surface area contributed by atoms with Gasteiger partial charge in [0, 0.05) is 78.9 Å². The molecule has 13 amide bonds. The Morgan fingerprint density at radius 1 is 0.517 bits per heavy atom.